The summed E-state index contributed by atoms with van der Waals surface area (Å²) < 4.78 is 41.2. The number of hydrogen-bond acceptors (Lipinski definition) is 4. The Morgan fingerprint density at radius 3 is 2.20 bits per heavy atom. The number of aryl methyl sites for hydroxylation is 1. The highest BCUT2D eigenvalue weighted by Crippen LogP contribution is 2.23. The number of rotatable bonds is 14. The van der Waals surface area contributed by atoms with E-state index in [9.17, 15) is 22.4 Å². The fraction of sp³-hybridized carbons (Fsp3) is 0.405. The summed E-state index contributed by atoms with van der Waals surface area (Å²) in [7, 11) is -3.52. The van der Waals surface area contributed by atoms with E-state index in [1.165, 1.54) is 34.9 Å². The van der Waals surface area contributed by atoms with E-state index in [0.29, 0.717) is 32.5 Å². The molecule has 1 atom stereocenters. The first-order valence-electron chi connectivity index (χ1n) is 16.4. The molecule has 1 aliphatic heterocycles. The minimum Gasteiger partial charge on any atom is -0.354 e. The maximum Gasteiger partial charge on any atom is 0.243 e. The van der Waals surface area contributed by atoms with Gasteiger partial charge >= 0.3 is 0 Å². The molecule has 3 aromatic rings. The fourth-order valence-corrected chi connectivity index (χ4v) is 7.75. The van der Waals surface area contributed by atoms with Crippen molar-refractivity contribution >= 4 is 21.8 Å². The van der Waals surface area contributed by atoms with Crippen molar-refractivity contribution in [1.29, 1.82) is 0 Å². The Bertz CT molecular complexity index is 1590. The van der Waals surface area contributed by atoms with Gasteiger partial charge in [-0.1, -0.05) is 66.2 Å². The second-order valence-corrected chi connectivity index (χ2v) is 14.2. The Morgan fingerprint density at radius 2 is 1.52 bits per heavy atom. The van der Waals surface area contributed by atoms with Crippen molar-refractivity contribution in [3.05, 3.63) is 113 Å². The van der Waals surface area contributed by atoms with Gasteiger partial charge < -0.3 is 10.2 Å². The van der Waals surface area contributed by atoms with Crippen LogP contribution in [0.5, 0.6) is 0 Å². The van der Waals surface area contributed by atoms with Gasteiger partial charge in [0.1, 0.15) is 11.9 Å². The van der Waals surface area contributed by atoms with Gasteiger partial charge in [0.25, 0.3) is 0 Å². The van der Waals surface area contributed by atoms with Gasteiger partial charge in [0.15, 0.2) is 0 Å². The Balaban J connectivity index is 1.33. The standard InChI is InChI=1S/C37H44FN3O4S/c38-33-18-13-32(14-19-33)28-41(36(42)22-17-30-15-20-34(21-16-30)46(44,45)40-25-7-8-26-40)35(27-31-11-5-2-6-12-31)37(43)39-24-23-29-9-3-1-4-10-29/h2,5-6,9,11-16,18-21,35H,1,3-4,7-8,10,17,22-28H2,(H,39,43)/t35-/m0/s1. The summed E-state index contributed by atoms with van der Waals surface area (Å²) in [6.07, 6.45) is 10.2. The number of amides is 2. The summed E-state index contributed by atoms with van der Waals surface area (Å²) in [6, 6.07) is 21.6. The van der Waals surface area contributed by atoms with Crippen molar-refractivity contribution in [2.24, 2.45) is 0 Å². The Labute approximate surface area is 272 Å². The minimum absolute atomic E-state index is 0.130. The lowest BCUT2D eigenvalue weighted by atomic mass is 9.97. The molecule has 0 radical (unpaired) electrons. The number of benzene rings is 3. The molecule has 5 rings (SSSR count). The number of allylic oxidation sites excluding steroid dienone is 1. The Hall–Kier alpha value is -3.82. The first-order chi connectivity index (χ1) is 22.3. The van der Waals surface area contributed by atoms with E-state index in [4.69, 9.17) is 0 Å². The SMILES string of the molecule is O=C(NCCC1=CCCCC1)[C@H](Cc1ccccc1)N(Cc1ccc(F)cc1)C(=O)CCc1ccc(S(=O)(=O)N2CCCC2)cc1. The third kappa shape index (κ3) is 9.13. The smallest absolute Gasteiger partial charge is 0.243 e. The van der Waals surface area contributed by atoms with Crippen LogP contribution in [-0.4, -0.2) is 55.1 Å². The van der Waals surface area contributed by atoms with Crippen molar-refractivity contribution < 1.29 is 22.4 Å². The highest BCUT2D eigenvalue weighted by Gasteiger charge is 2.31. The predicted octanol–water partition coefficient (Wildman–Crippen LogP) is 6.19. The second kappa shape index (κ2) is 16.1. The van der Waals surface area contributed by atoms with Crippen LogP contribution in [0.25, 0.3) is 0 Å². The number of nitrogens with zero attached hydrogens (tertiary/aromatic N) is 2. The predicted molar refractivity (Wildman–Crippen MR) is 178 cm³/mol. The number of nitrogens with one attached hydrogen (secondary N) is 1. The maximum absolute atomic E-state index is 14.0. The molecule has 2 amide bonds. The van der Waals surface area contributed by atoms with E-state index in [1.54, 1.807) is 41.3 Å². The molecule has 0 spiro atoms. The number of carbonyl (C=O) groups excluding carboxylic acids is 2. The molecule has 9 heteroatoms. The molecule has 1 aliphatic carbocycles. The normalized spacial score (nSPS) is 16.1. The number of carbonyl (C=O) groups is 2. The molecule has 3 aromatic carbocycles. The van der Waals surface area contributed by atoms with Crippen LogP contribution in [0.1, 0.15) is 68.1 Å². The number of hydrogen-bond donors (Lipinski definition) is 1. The van der Waals surface area contributed by atoms with Gasteiger partial charge in [-0.2, -0.15) is 4.31 Å². The monoisotopic (exact) mass is 645 g/mol. The van der Waals surface area contributed by atoms with Gasteiger partial charge in [-0.3, -0.25) is 9.59 Å². The lowest BCUT2D eigenvalue weighted by Crippen LogP contribution is -2.50. The summed E-state index contributed by atoms with van der Waals surface area (Å²) in [4.78, 5) is 29.7. The molecular formula is C37H44FN3O4S. The molecule has 0 aromatic heterocycles. The maximum atomic E-state index is 14.0. The van der Waals surface area contributed by atoms with E-state index in [1.807, 2.05) is 30.3 Å². The van der Waals surface area contributed by atoms with Gasteiger partial charge in [0, 0.05) is 39.0 Å². The van der Waals surface area contributed by atoms with Gasteiger partial charge in [0.2, 0.25) is 21.8 Å². The summed E-state index contributed by atoms with van der Waals surface area (Å²) in [5.74, 6) is -0.788. The number of sulfonamides is 1. The van der Waals surface area contributed by atoms with E-state index in [2.05, 4.69) is 11.4 Å². The van der Waals surface area contributed by atoms with Crippen LogP contribution in [0.3, 0.4) is 0 Å². The fourth-order valence-electron chi connectivity index (χ4n) is 6.24. The van der Waals surface area contributed by atoms with E-state index >= 15 is 0 Å². The molecule has 2 aliphatic rings. The van der Waals surface area contributed by atoms with Crippen LogP contribution in [0.4, 0.5) is 4.39 Å². The lowest BCUT2D eigenvalue weighted by molar-refractivity contribution is -0.141. The molecule has 0 unspecified atom stereocenters. The van der Waals surface area contributed by atoms with Crippen molar-refractivity contribution in [3.8, 4) is 0 Å². The quantitative estimate of drug-likeness (QED) is 0.212. The van der Waals surface area contributed by atoms with Crippen molar-refractivity contribution in [1.82, 2.24) is 14.5 Å². The van der Waals surface area contributed by atoms with E-state index in [-0.39, 0.29) is 35.5 Å². The van der Waals surface area contributed by atoms with Gasteiger partial charge in [-0.25, -0.2) is 12.8 Å². The number of halogens is 1. The third-order valence-corrected chi connectivity index (χ3v) is 10.8. The summed E-state index contributed by atoms with van der Waals surface area (Å²) in [6.45, 7) is 1.74. The average Bonchev–Trinajstić information content (AvgIpc) is 3.64. The average molecular weight is 646 g/mol. The van der Waals surface area contributed by atoms with Gasteiger partial charge in [0.05, 0.1) is 4.90 Å². The summed E-state index contributed by atoms with van der Waals surface area (Å²) >= 11 is 0. The zero-order valence-corrected chi connectivity index (χ0v) is 27.2. The van der Waals surface area contributed by atoms with Gasteiger partial charge in [-0.15, -0.1) is 0 Å². The summed E-state index contributed by atoms with van der Waals surface area (Å²) in [5.41, 5.74) is 3.86. The zero-order chi connectivity index (χ0) is 32.4. The van der Waals surface area contributed by atoms with E-state index in [0.717, 1.165) is 48.8 Å². The van der Waals surface area contributed by atoms with Crippen LogP contribution in [0.15, 0.2) is 95.4 Å². The molecule has 46 heavy (non-hydrogen) atoms. The molecule has 1 heterocycles. The molecular weight excluding hydrogens is 601 g/mol. The largest absolute Gasteiger partial charge is 0.354 e. The van der Waals surface area contributed by atoms with Crippen LogP contribution in [-0.2, 0) is 39.0 Å². The first kappa shape index (κ1) is 33.5. The topological polar surface area (TPSA) is 86.8 Å². The van der Waals surface area contributed by atoms with Crippen LogP contribution in [0, 0.1) is 5.82 Å². The van der Waals surface area contributed by atoms with Crippen LogP contribution < -0.4 is 5.32 Å². The van der Waals surface area contributed by atoms with Gasteiger partial charge in [-0.05, 0) is 92.3 Å². The van der Waals surface area contributed by atoms with Crippen molar-refractivity contribution in [2.45, 2.75) is 81.7 Å². The van der Waals surface area contributed by atoms with Crippen LogP contribution in [0.2, 0.25) is 0 Å². The van der Waals surface area contributed by atoms with Crippen LogP contribution >= 0.6 is 0 Å². The molecule has 1 fully saturated rings. The second-order valence-electron chi connectivity index (χ2n) is 12.3. The molecule has 0 bridgehead atoms. The highest BCUT2D eigenvalue weighted by molar-refractivity contribution is 7.89. The van der Waals surface area contributed by atoms with Crippen molar-refractivity contribution in [2.75, 3.05) is 19.6 Å². The lowest BCUT2D eigenvalue weighted by Gasteiger charge is -2.32. The Kier molecular flexibility index (Phi) is 11.8. The Morgan fingerprint density at radius 1 is 0.826 bits per heavy atom. The van der Waals surface area contributed by atoms with E-state index < -0.39 is 16.1 Å². The first-order valence-corrected chi connectivity index (χ1v) is 17.9. The summed E-state index contributed by atoms with van der Waals surface area (Å²) in [5, 5.41) is 3.10. The molecule has 1 saturated heterocycles. The van der Waals surface area contributed by atoms with Crippen molar-refractivity contribution in [3.63, 3.8) is 0 Å². The third-order valence-electron chi connectivity index (χ3n) is 8.92. The molecule has 7 nitrogen and oxygen atoms in total. The molecule has 244 valence electrons. The zero-order valence-electron chi connectivity index (χ0n) is 26.4. The highest BCUT2D eigenvalue weighted by atomic mass is 32.2. The molecule has 0 saturated carbocycles. The minimum atomic E-state index is -3.52. The molecule has 1 N–H and O–H groups in total.